The molecule has 1 aliphatic rings. The predicted molar refractivity (Wildman–Crippen MR) is 153 cm³/mol. The molecule has 4 aromatic rings. The van der Waals surface area contributed by atoms with E-state index in [-0.39, 0.29) is 17.7 Å². The van der Waals surface area contributed by atoms with Gasteiger partial charge in [-0.2, -0.15) is 13.2 Å². The molecular formula is C29H30F3N7O4. The summed E-state index contributed by atoms with van der Waals surface area (Å²) >= 11 is 0. The summed E-state index contributed by atoms with van der Waals surface area (Å²) < 4.78 is 33.7. The lowest BCUT2D eigenvalue weighted by Gasteiger charge is -2.33. The fourth-order valence-corrected chi connectivity index (χ4v) is 4.43. The van der Waals surface area contributed by atoms with Gasteiger partial charge in [-0.1, -0.05) is 25.1 Å². The van der Waals surface area contributed by atoms with Crippen LogP contribution in [0, 0.1) is 0 Å². The molecule has 2 aromatic carbocycles. The molecule has 0 unspecified atom stereocenters. The summed E-state index contributed by atoms with van der Waals surface area (Å²) in [6.45, 7) is 3.95. The highest BCUT2D eigenvalue weighted by atomic mass is 19.4. The minimum Gasteiger partial charge on any atom is -0.475 e. The van der Waals surface area contributed by atoms with Crippen LogP contribution in [0.5, 0.6) is 0 Å². The molecule has 5 rings (SSSR count). The van der Waals surface area contributed by atoms with Gasteiger partial charge in [-0.25, -0.2) is 4.79 Å². The van der Waals surface area contributed by atoms with Crippen LogP contribution >= 0.6 is 0 Å². The maximum Gasteiger partial charge on any atom is 0.490 e. The molecule has 2 aromatic heterocycles. The molecule has 2 N–H and O–H groups in total. The molecule has 0 saturated carbocycles. The van der Waals surface area contributed by atoms with Gasteiger partial charge in [-0.05, 0) is 47.2 Å². The summed E-state index contributed by atoms with van der Waals surface area (Å²) in [6, 6.07) is 15.6. The number of anilines is 2. The zero-order chi connectivity index (χ0) is 31.3. The lowest BCUT2D eigenvalue weighted by Crippen LogP contribution is -2.48. The second kappa shape index (κ2) is 12.9. The predicted octanol–water partition coefficient (Wildman–Crippen LogP) is 3.87. The Morgan fingerprint density at radius 1 is 1.07 bits per heavy atom. The Hall–Kier alpha value is -5.01. The summed E-state index contributed by atoms with van der Waals surface area (Å²) in [7, 11) is 3.76. The first-order valence-corrected chi connectivity index (χ1v) is 13.2. The van der Waals surface area contributed by atoms with E-state index in [0.29, 0.717) is 24.5 Å². The molecule has 0 radical (unpaired) electrons. The number of fused-ring (bicyclic) bond motifs is 1. The van der Waals surface area contributed by atoms with Crippen molar-refractivity contribution in [1.29, 1.82) is 0 Å². The number of hydrogen-bond acceptors (Lipinski definition) is 7. The highest BCUT2D eigenvalue weighted by Crippen LogP contribution is 2.25. The van der Waals surface area contributed by atoms with E-state index >= 15 is 0 Å². The normalized spacial score (nSPS) is 14.2. The standard InChI is InChI=1S/C27H29N7O2.C2HF3O2/c1-18(11-25-31-29-17-33(25)3)19-5-4-6-22(12-19)30-27(36)24-14-21-13-23(8-7-20(21)15-28-24)34-10-9-32(2)26(35)16-34;3-2(4,5)1(6)7/h4-8,12-15,17-18H,9-11,16H2,1-3H3,(H,30,36);(H,6,7)/t18-;/m0./s1. The third-order valence-corrected chi connectivity index (χ3v) is 7.01. The van der Waals surface area contributed by atoms with Gasteiger partial charge in [0, 0.05) is 56.6 Å². The van der Waals surface area contributed by atoms with E-state index in [1.54, 1.807) is 23.5 Å². The number of rotatable bonds is 6. The number of alkyl halides is 3. The Balaban J connectivity index is 0.000000541. The van der Waals surface area contributed by atoms with Crippen molar-refractivity contribution < 1.29 is 32.7 Å². The Bertz CT molecular complexity index is 1640. The third kappa shape index (κ3) is 7.84. The Morgan fingerprint density at radius 3 is 2.47 bits per heavy atom. The number of carbonyl (C=O) groups excluding carboxylic acids is 2. The van der Waals surface area contributed by atoms with Crippen LogP contribution in [0.15, 0.2) is 61.1 Å². The number of carbonyl (C=O) groups is 3. The second-order valence-electron chi connectivity index (χ2n) is 10.2. The van der Waals surface area contributed by atoms with Crippen LogP contribution < -0.4 is 10.2 Å². The number of nitrogens with one attached hydrogen (secondary N) is 1. The number of amides is 2. The number of likely N-dealkylation sites (N-methyl/N-ethyl adjacent to an activating group) is 1. The number of aryl methyl sites for hydroxylation is 1. The van der Waals surface area contributed by atoms with E-state index in [0.717, 1.165) is 40.8 Å². The van der Waals surface area contributed by atoms with Crippen molar-refractivity contribution in [2.75, 3.05) is 36.9 Å². The van der Waals surface area contributed by atoms with Crippen LogP contribution in [0.1, 0.15) is 34.7 Å². The van der Waals surface area contributed by atoms with Gasteiger partial charge >= 0.3 is 12.1 Å². The van der Waals surface area contributed by atoms with Crippen molar-refractivity contribution in [2.24, 2.45) is 7.05 Å². The first-order chi connectivity index (χ1) is 20.3. The molecule has 226 valence electrons. The molecule has 1 saturated heterocycles. The number of carboxylic acids is 1. The first-order valence-electron chi connectivity index (χ1n) is 13.2. The molecule has 2 amide bonds. The van der Waals surface area contributed by atoms with Crippen molar-refractivity contribution in [2.45, 2.75) is 25.4 Å². The number of piperazine rings is 1. The van der Waals surface area contributed by atoms with Crippen molar-refractivity contribution in [3.05, 3.63) is 78.1 Å². The van der Waals surface area contributed by atoms with Gasteiger partial charge in [-0.3, -0.25) is 14.6 Å². The molecule has 0 aliphatic carbocycles. The monoisotopic (exact) mass is 597 g/mol. The first kappa shape index (κ1) is 30.9. The highest BCUT2D eigenvalue weighted by molar-refractivity contribution is 6.05. The summed E-state index contributed by atoms with van der Waals surface area (Å²) in [5, 5.41) is 20.1. The van der Waals surface area contributed by atoms with Crippen LogP contribution in [0.25, 0.3) is 10.8 Å². The molecule has 11 nitrogen and oxygen atoms in total. The van der Waals surface area contributed by atoms with Gasteiger partial charge < -0.3 is 24.8 Å². The van der Waals surface area contributed by atoms with E-state index in [1.165, 1.54) is 0 Å². The van der Waals surface area contributed by atoms with Crippen LogP contribution in [0.4, 0.5) is 24.5 Å². The van der Waals surface area contributed by atoms with E-state index in [9.17, 15) is 22.8 Å². The third-order valence-electron chi connectivity index (χ3n) is 7.01. The molecule has 1 fully saturated rings. The quantitative estimate of drug-likeness (QED) is 0.342. The van der Waals surface area contributed by atoms with Gasteiger partial charge in [0.1, 0.15) is 17.8 Å². The molecule has 0 bridgehead atoms. The smallest absolute Gasteiger partial charge is 0.475 e. The Kier molecular flexibility index (Phi) is 9.27. The van der Waals surface area contributed by atoms with Crippen molar-refractivity contribution >= 4 is 39.9 Å². The molecule has 14 heteroatoms. The van der Waals surface area contributed by atoms with Crippen molar-refractivity contribution in [3.63, 3.8) is 0 Å². The molecule has 3 heterocycles. The zero-order valence-electron chi connectivity index (χ0n) is 23.7. The number of aliphatic carboxylic acids is 1. The minimum atomic E-state index is -5.08. The number of benzene rings is 2. The van der Waals surface area contributed by atoms with E-state index in [1.807, 2.05) is 55.1 Å². The number of halogens is 3. The largest absolute Gasteiger partial charge is 0.490 e. The fourth-order valence-electron chi connectivity index (χ4n) is 4.43. The van der Waals surface area contributed by atoms with Crippen LogP contribution in [0.3, 0.4) is 0 Å². The van der Waals surface area contributed by atoms with Crippen LogP contribution in [-0.4, -0.2) is 80.4 Å². The van der Waals surface area contributed by atoms with Crippen LogP contribution in [-0.2, 0) is 23.1 Å². The second-order valence-corrected chi connectivity index (χ2v) is 10.2. The summed E-state index contributed by atoms with van der Waals surface area (Å²) in [4.78, 5) is 42.3. The minimum absolute atomic E-state index is 0.101. The fraction of sp³-hybridized carbons (Fsp3) is 0.310. The van der Waals surface area contributed by atoms with E-state index in [2.05, 4.69) is 38.4 Å². The van der Waals surface area contributed by atoms with Gasteiger partial charge in [-0.15, -0.1) is 10.2 Å². The average molecular weight is 598 g/mol. The number of aromatic nitrogens is 4. The topological polar surface area (TPSA) is 134 Å². The van der Waals surface area contributed by atoms with Gasteiger partial charge in [0.05, 0.1) is 6.54 Å². The highest BCUT2D eigenvalue weighted by Gasteiger charge is 2.38. The van der Waals surface area contributed by atoms with Crippen molar-refractivity contribution in [3.8, 4) is 0 Å². The summed E-state index contributed by atoms with van der Waals surface area (Å²) in [6.07, 6.45) is -0.924. The average Bonchev–Trinajstić information content (AvgIpc) is 3.37. The van der Waals surface area contributed by atoms with Gasteiger partial charge in [0.25, 0.3) is 5.91 Å². The summed E-state index contributed by atoms with van der Waals surface area (Å²) in [5.41, 5.74) is 3.13. The Morgan fingerprint density at radius 2 is 1.81 bits per heavy atom. The van der Waals surface area contributed by atoms with E-state index in [4.69, 9.17) is 9.90 Å². The number of pyridine rings is 1. The number of hydrogen-bond donors (Lipinski definition) is 2. The zero-order valence-corrected chi connectivity index (χ0v) is 23.7. The Labute approximate surface area is 244 Å². The molecule has 1 aliphatic heterocycles. The number of nitrogens with zero attached hydrogens (tertiary/aromatic N) is 6. The lowest BCUT2D eigenvalue weighted by atomic mass is 9.97. The number of carboxylic acid groups (broad SMARTS) is 1. The van der Waals surface area contributed by atoms with E-state index < -0.39 is 12.1 Å². The molecular weight excluding hydrogens is 567 g/mol. The van der Waals surface area contributed by atoms with Gasteiger partial charge in [0.15, 0.2) is 0 Å². The maximum absolute atomic E-state index is 13.0. The molecule has 43 heavy (non-hydrogen) atoms. The molecule has 0 spiro atoms. The maximum atomic E-state index is 13.0. The van der Waals surface area contributed by atoms with Crippen LogP contribution in [0.2, 0.25) is 0 Å². The molecule has 1 atom stereocenters. The summed E-state index contributed by atoms with van der Waals surface area (Å²) in [5.74, 6) is -1.80. The SMILES string of the molecule is C[C@@H](Cc1nncn1C)c1cccc(NC(=O)c2cc3cc(N4CCN(C)C(=O)C4)ccc3cn2)c1.O=C(O)C(F)(F)F. The van der Waals surface area contributed by atoms with Gasteiger partial charge in [0.2, 0.25) is 5.91 Å². The lowest BCUT2D eigenvalue weighted by molar-refractivity contribution is -0.192. The van der Waals surface area contributed by atoms with Crippen molar-refractivity contribution in [1.82, 2.24) is 24.6 Å².